The number of hydrogen-bond acceptors (Lipinski definition) is 2. The number of aliphatic hydroxyl groups is 1. The molecule has 0 amide bonds. The van der Waals surface area contributed by atoms with Crippen LogP contribution in [0.25, 0.3) is 0 Å². The molecule has 1 unspecified atom stereocenters. The van der Waals surface area contributed by atoms with E-state index in [-0.39, 0.29) is 6.42 Å². The summed E-state index contributed by atoms with van der Waals surface area (Å²) in [6.07, 6.45) is -5.18. The van der Waals surface area contributed by atoms with Crippen molar-refractivity contribution in [3.05, 3.63) is 0 Å². The fraction of sp³-hybridized carbons (Fsp3) is 0.833. The Hall–Kier alpha value is -0.580. The molecule has 5 heteroatoms. The summed E-state index contributed by atoms with van der Waals surface area (Å²) in [4.78, 5) is 9.70. The highest BCUT2D eigenvalue weighted by Crippen LogP contribution is 2.32. The Morgan fingerprint density at radius 2 is 1.91 bits per heavy atom. The monoisotopic (exact) mass is 170 g/mol. The molecule has 0 heterocycles. The SMILES string of the molecule is CC(O)(CCC=O)C(F)(F)F. The summed E-state index contributed by atoms with van der Waals surface area (Å²) in [5, 5.41) is 8.70. The third-order valence-corrected chi connectivity index (χ3v) is 1.36. The average molecular weight is 170 g/mol. The van der Waals surface area contributed by atoms with Crippen LogP contribution in [0.5, 0.6) is 0 Å². The van der Waals surface area contributed by atoms with Gasteiger partial charge in [-0.25, -0.2) is 0 Å². The highest BCUT2D eigenvalue weighted by molar-refractivity contribution is 5.49. The standard InChI is InChI=1S/C6H9F3O2/c1-5(11,3-2-4-10)6(7,8)9/h4,11H,2-3H2,1H3. The van der Waals surface area contributed by atoms with Crippen LogP contribution in [0.3, 0.4) is 0 Å². The van der Waals surface area contributed by atoms with Gasteiger partial charge in [0.15, 0.2) is 5.60 Å². The molecule has 0 fully saturated rings. The normalized spacial score (nSPS) is 17.5. The van der Waals surface area contributed by atoms with Gasteiger partial charge in [0.2, 0.25) is 0 Å². The van der Waals surface area contributed by atoms with E-state index in [1.807, 2.05) is 0 Å². The lowest BCUT2D eigenvalue weighted by atomic mass is 10.0. The third-order valence-electron chi connectivity index (χ3n) is 1.36. The van der Waals surface area contributed by atoms with Gasteiger partial charge >= 0.3 is 6.18 Å². The second-order valence-electron chi connectivity index (χ2n) is 2.48. The molecule has 0 aliphatic rings. The molecule has 1 N–H and O–H groups in total. The van der Waals surface area contributed by atoms with Crippen LogP contribution in [-0.2, 0) is 4.79 Å². The minimum atomic E-state index is -4.66. The zero-order chi connectivity index (χ0) is 9.12. The molecule has 11 heavy (non-hydrogen) atoms. The first-order chi connectivity index (χ1) is 4.81. The van der Waals surface area contributed by atoms with E-state index < -0.39 is 18.2 Å². The van der Waals surface area contributed by atoms with Gasteiger partial charge in [-0.15, -0.1) is 0 Å². The number of carbonyl (C=O) groups is 1. The molecule has 0 saturated heterocycles. The molecule has 0 aromatic carbocycles. The predicted octanol–water partition coefficient (Wildman–Crippen LogP) is 1.28. The van der Waals surface area contributed by atoms with Crippen molar-refractivity contribution in [1.82, 2.24) is 0 Å². The van der Waals surface area contributed by atoms with Crippen LogP contribution in [0, 0.1) is 0 Å². The van der Waals surface area contributed by atoms with Gasteiger partial charge in [-0.3, -0.25) is 0 Å². The molecule has 0 aromatic rings. The van der Waals surface area contributed by atoms with Crippen LogP contribution in [0.15, 0.2) is 0 Å². The van der Waals surface area contributed by atoms with Gasteiger partial charge in [-0.1, -0.05) is 0 Å². The summed E-state index contributed by atoms with van der Waals surface area (Å²) in [7, 11) is 0. The summed E-state index contributed by atoms with van der Waals surface area (Å²) in [6, 6.07) is 0. The molecule has 2 nitrogen and oxygen atoms in total. The van der Waals surface area contributed by atoms with Crippen molar-refractivity contribution in [3.8, 4) is 0 Å². The number of rotatable bonds is 3. The van der Waals surface area contributed by atoms with E-state index in [2.05, 4.69) is 0 Å². The van der Waals surface area contributed by atoms with Crippen molar-refractivity contribution in [2.24, 2.45) is 0 Å². The van der Waals surface area contributed by atoms with Crippen LogP contribution in [0.1, 0.15) is 19.8 Å². The molecule has 0 bridgehead atoms. The van der Waals surface area contributed by atoms with Crippen molar-refractivity contribution in [2.45, 2.75) is 31.5 Å². The maximum Gasteiger partial charge on any atom is 0.416 e. The average Bonchev–Trinajstić information content (AvgIpc) is 1.81. The molecule has 0 aromatic heterocycles. The fourth-order valence-corrected chi connectivity index (χ4v) is 0.482. The van der Waals surface area contributed by atoms with Gasteiger partial charge in [-0.2, -0.15) is 13.2 Å². The Kier molecular flexibility index (Phi) is 3.04. The lowest BCUT2D eigenvalue weighted by Gasteiger charge is -2.25. The van der Waals surface area contributed by atoms with E-state index in [1.165, 1.54) is 0 Å². The molecule has 0 spiro atoms. The predicted molar refractivity (Wildman–Crippen MR) is 32.0 cm³/mol. The molecule has 0 rings (SSSR count). The second-order valence-corrected chi connectivity index (χ2v) is 2.48. The number of halogens is 3. The molecular formula is C6H9F3O2. The number of alkyl halides is 3. The highest BCUT2D eigenvalue weighted by Gasteiger charge is 2.48. The van der Waals surface area contributed by atoms with E-state index in [1.54, 1.807) is 0 Å². The minimum Gasteiger partial charge on any atom is -0.381 e. The first-order valence-corrected chi connectivity index (χ1v) is 3.04. The fourth-order valence-electron chi connectivity index (χ4n) is 0.482. The van der Waals surface area contributed by atoms with Gasteiger partial charge < -0.3 is 9.90 Å². The number of aldehydes is 1. The Balaban J connectivity index is 4.10. The van der Waals surface area contributed by atoms with Crippen LogP contribution in [-0.4, -0.2) is 23.2 Å². The topological polar surface area (TPSA) is 37.3 Å². The zero-order valence-corrected chi connectivity index (χ0v) is 5.98. The Morgan fingerprint density at radius 3 is 2.18 bits per heavy atom. The summed E-state index contributed by atoms with van der Waals surface area (Å²) in [5.41, 5.74) is -2.74. The van der Waals surface area contributed by atoms with Gasteiger partial charge in [-0.05, 0) is 13.3 Å². The van der Waals surface area contributed by atoms with Crippen molar-refractivity contribution in [1.29, 1.82) is 0 Å². The largest absolute Gasteiger partial charge is 0.416 e. The maximum absolute atomic E-state index is 11.8. The summed E-state index contributed by atoms with van der Waals surface area (Å²) in [6.45, 7) is 0.649. The molecule has 0 aliphatic heterocycles. The van der Waals surface area contributed by atoms with E-state index in [4.69, 9.17) is 5.11 Å². The Morgan fingerprint density at radius 1 is 1.45 bits per heavy atom. The van der Waals surface area contributed by atoms with Gasteiger partial charge in [0.25, 0.3) is 0 Å². The molecular weight excluding hydrogens is 161 g/mol. The second kappa shape index (κ2) is 3.21. The molecule has 1 atom stereocenters. The van der Waals surface area contributed by atoms with Gasteiger partial charge in [0.1, 0.15) is 6.29 Å². The molecule has 0 radical (unpaired) electrons. The lowest BCUT2D eigenvalue weighted by Crippen LogP contribution is -2.41. The van der Waals surface area contributed by atoms with Crippen LogP contribution >= 0.6 is 0 Å². The first kappa shape index (κ1) is 10.4. The summed E-state index contributed by atoms with van der Waals surface area (Å²) in [5.74, 6) is 0. The molecule has 0 aliphatic carbocycles. The van der Waals surface area contributed by atoms with E-state index in [0.29, 0.717) is 13.2 Å². The molecule has 66 valence electrons. The van der Waals surface area contributed by atoms with Crippen molar-refractivity contribution < 1.29 is 23.1 Å². The van der Waals surface area contributed by atoms with E-state index in [0.717, 1.165) is 0 Å². The van der Waals surface area contributed by atoms with Crippen LogP contribution < -0.4 is 0 Å². The zero-order valence-electron chi connectivity index (χ0n) is 5.98. The van der Waals surface area contributed by atoms with Crippen molar-refractivity contribution in [3.63, 3.8) is 0 Å². The van der Waals surface area contributed by atoms with Crippen molar-refractivity contribution in [2.75, 3.05) is 0 Å². The van der Waals surface area contributed by atoms with Crippen LogP contribution in [0.2, 0.25) is 0 Å². The van der Waals surface area contributed by atoms with E-state index in [9.17, 15) is 18.0 Å². The van der Waals surface area contributed by atoms with Crippen LogP contribution in [0.4, 0.5) is 13.2 Å². The Bertz CT molecular complexity index is 139. The smallest absolute Gasteiger partial charge is 0.381 e. The van der Waals surface area contributed by atoms with Gasteiger partial charge in [0.05, 0.1) is 0 Å². The molecule has 0 saturated carbocycles. The first-order valence-electron chi connectivity index (χ1n) is 3.04. The highest BCUT2D eigenvalue weighted by atomic mass is 19.4. The van der Waals surface area contributed by atoms with Gasteiger partial charge in [0, 0.05) is 6.42 Å². The minimum absolute atomic E-state index is 0.285. The number of carbonyl (C=O) groups excluding carboxylic acids is 1. The third kappa shape index (κ3) is 2.88. The lowest BCUT2D eigenvalue weighted by molar-refractivity contribution is -0.254. The van der Waals surface area contributed by atoms with Crippen molar-refractivity contribution >= 4 is 6.29 Å². The maximum atomic E-state index is 11.8. The Labute approximate surface area is 62.0 Å². The quantitative estimate of drug-likeness (QED) is 0.648. The van der Waals surface area contributed by atoms with E-state index >= 15 is 0 Å². The summed E-state index contributed by atoms with van der Waals surface area (Å²) >= 11 is 0. The summed E-state index contributed by atoms with van der Waals surface area (Å²) < 4.78 is 35.4. The number of hydrogen-bond donors (Lipinski definition) is 1.